The van der Waals surface area contributed by atoms with Gasteiger partial charge in [-0.15, -0.1) is 0 Å². The van der Waals surface area contributed by atoms with Crippen molar-refractivity contribution in [3.8, 4) is 11.4 Å². The van der Waals surface area contributed by atoms with Crippen molar-refractivity contribution in [2.24, 2.45) is 0 Å². The first-order chi connectivity index (χ1) is 14.5. The van der Waals surface area contributed by atoms with Crippen LogP contribution in [0.2, 0.25) is 0 Å². The van der Waals surface area contributed by atoms with Gasteiger partial charge in [0.1, 0.15) is 5.03 Å². The van der Waals surface area contributed by atoms with E-state index in [0.717, 1.165) is 38.3 Å². The van der Waals surface area contributed by atoms with Crippen molar-refractivity contribution in [3.05, 3.63) is 83.4 Å². The Labute approximate surface area is 180 Å². The van der Waals surface area contributed by atoms with E-state index in [1.165, 1.54) is 17.3 Å². The lowest BCUT2D eigenvalue weighted by Crippen LogP contribution is -2.15. The van der Waals surface area contributed by atoms with Gasteiger partial charge in [-0.25, -0.2) is 9.97 Å². The number of amides is 1. The first kappa shape index (κ1) is 20.1. The molecule has 0 saturated carbocycles. The summed E-state index contributed by atoms with van der Waals surface area (Å²) < 4.78 is 0. The summed E-state index contributed by atoms with van der Waals surface area (Å²) in [5.41, 5.74) is 6.13. The molecule has 4 rings (SSSR count). The Morgan fingerprint density at radius 3 is 2.47 bits per heavy atom. The first-order valence-electron chi connectivity index (χ1n) is 9.84. The van der Waals surface area contributed by atoms with Crippen LogP contribution in [0.15, 0.2) is 71.8 Å². The third-order valence-corrected chi connectivity index (χ3v) is 6.09. The maximum atomic E-state index is 12.6. The molecule has 30 heavy (non-hydrogen) atoms. The van der Waals surface area contributed by atoms with E-state index in [9.17, 15) is 4.79 Å². The second-order valence-corrected chi connectivity index (χ2v) is 8.28. The average molecular weight is 414 g/mol. The summed E-state index contributed by atoms with van der Waals surface area (Å²) >= 11 is 1.44. The standard InChI is InChI=1S/C25H23N3OS/c1-16-11-13-19(14-12-16)24-27-22-9-5-4-8-20(22)25(28-24)30-15-23(29)26-21-10-6-7-17(2)18(21)3/h4-14H,15H2,1-3H3,(H,26,29). The van der Waals surface area contributed by atoms with E-state index in [1.54, 1.807) is 0 Å². The average Bonchev–Trinajstić information content (AvgIpc) is 2.75. The maximum absolute atomic E-state index is 12.6. The number of para-hydroxylation sites is 1. The predicted molar refractivity (Wildman–Crippen MR) is 125 cm³/mol. The van der Waals surface area contributed by atoms with Gasteiger partial charge in [0.05, 0.1) is 11.3 Å². The van der Waals surface area contributed by atoms with E-state index in [0.29, 0.717) is 5.82 Å². The number of carbonyl (C=O) groups excluding carboxylic acids is 1. The predicted octanol–water partition coefficient (Wildman–Crippen LogP) is 5.95. The fourth-order valence-corrected chi connectivity index (χ4v) is 4.02. The quantitative estimate of drug-likeness (QED) is 0.324. The molecule has 150 valence electrons. The molecular weight excluding hydrogens is 390 g/mol. The Kier molecular flexibility index (Phi) is 5.81. The minimum Gasteiger partial charge on any atom is -0.325 e. The van der Waals surface area contributed by atoms with Crippen molar-refractivity contribution < 1.29 is 4.79 Å². The third kappa shape index (κ3) is 4.36. The van der Waals surface area contributed by atoms with Gasteiger partial charge in [-0.3, -0.25) is 4.79 Å². The van der Waals surface area contributed by atoms with E-state index in [2.05, 4.69) is 24.4 Å². The molecule has 1 heterocycles. The molecule has 0 bridgehead atoms. The first-order valence-corrected chi connectivity index (χ1v) is 10.8. The highest BCUT2D eigenvalue weighted by Gasteiger charge is 2.13. The summed E-state index contributed by atoms with van der Waals surface area (Å²) in [4.78, 5) is 22.1. The largest absolute Gasteiger partial charge is 0.325 e. The normalized spacial score (nSPS) is 10.9. The van der Waals surface area contributed by atoms with Crippen LogP contribution in [0.25, 0.3) is 22.3 Å². The molecule has 0 fully saturated rings. The highest BCUT2D eigenvalue weighted by Crippen LogP contribution is 2.29. The Hall–Kier alpha value is -3.18. The molecule has 1 aromatic heterocycles. The van der Waals surface area contributed by atoms with Gasteiger partial charge >= 0.3 is 0 Å². The summed E-state index contributed by atoms with van der Waals surface area (Å²) in [7, 11) is 0. The van der Waals surface area contributed by atoms with Crippen molar-refractivity contribution >= 4 is 34.3 Å². The number of hydrogen-bond donors (Lipinski definition) is 1. The summed E-state index contributed by atoms with van der Waals surface area (Å²) in [5, 5.41) is 4.79. The Balaban J connectivity index is 1.59. The second-order valence-electron chi connectivity index (χ2n) is 7.32. The molecular formula is C25H23N3OS. The van der Waals surface area contributed by atoms with Gasteiger partial charge in [-0.2, -0.15) is 0 Å². The van der Waals surface area contributed by atoms with Crippen LogP contribution < -0.4 is 5.32 Å². The smallest absolute Gasteiger partial charge is 0.234 e. The monoisotopic (exact) mass is 413 g/mol. The van der Waals surface area contributed by atoms with E-state index in [-0.39, 0.29) is 11.7 Å². The van der Waals surface area contributed by atoms with Crippen LogP contribution in [0.3, 0.4) is 0 Å². The van der Waals surface area contributed by atoms with Crippen LogP contribution in [0.5, 0.6) is 0 Å². The number of nitrogens with one attached hydrogen (secondary N) is 1. The Morgan fingerprint density at radius 1 is 0.900 bits per heavy atom. The summed E-state index contributed by atoms with van der Waals surface area (Å²) in [6.07, 6.45) is 0. The van der Waals surface area contributed by atoms with Crippen molar-refractivity contribution in [2.45, 2.75) is 25.8 Å². The van der Waals surface area contributed by atoms with Gasteiger partial charge in [0, 0.05) is 16.6 Å². The van der Waals surface area contributed by atoms with Crippen molar-refractivity contribution in [2.75, 3.05) is 11.1 Å². The van der Waals surface area contributed by atoms with E-state index in [1.807, 2.05) is 68.4 Å². The van der Waals surface area contributed by atoms with Crippen LogP contribution in [0, 0.1) is 20.8 Å². The molecule has 0 radical (unpaired) electrons. The SMILES string of the molecule is Cc1ccc(-c2nc(SCC(=O)Nc3cccc(C)c3C)c3ccccc3n2)cc1. The molecule has 1 N–H and O–H groups in total. The van der Waals surface area contributed by atoms with Gasteiger partial charge in [-0.05, 0) is 44.0 Å². The number of nitrogens with zero attached hydrogens (tertiary/aromatic N) is 2. The zero-order valence-corrected chi connectivity index (χ0v) is 18.1. The van der Waals surface area contributed by atoms with Crippen LogP contribution >= 0.6 is 11.8 Å². The van der Waals surface area contributed by atoms with Crippen molar-refractivity contribution in [1.82, 2.24) is 9.97 Å². The number of rotatable bonds is 5. The summed E-state index contributed by atoms with van der Waals surface area (Å²) in [5.74, 6) is 0.904. The number of benzene rings is 3. The lowest BCUT2D eigenvalue weighted by molar-refractivity contribution is -0.113. The zero-order valence-electron chi connectivity index (χ0n) is 17.3. The second kappa shape index (κ2) is 8.67. The van der Waals surface area contributed by atoms with E-state index in [4.69, 9.17) is 9.97 Å². The topological polar surface area (TPSA) is 54.9 Å². The molecule has 4 aromatic rings. The molecule has 0 aliphatic rings. The number of aryl methyl sites for hydroxylation is 2. The number of hydrogen-bond acceptors (Lipinski definition) is 4. The number of aromatic nitrogens is 2. The van der Waals surface area contributed by atoms with Crippen molar-refractivity contribution in [1.29, 1.82) is 0 Å². The summed E-state index contributed by atoms with van der Waals surface area (Å²) in [6.45, 7) is 6.12. The molecule has 5 heteroatoms. The molecule has 0 atom stereocenters. The highest BCUT2D eigenvalue weighted by atomic mass is 32.2. The van der Waals surface area contributed by atoms with Crippen LogP contribution in [-0.4, -0.2) is 21.6 Å². The number of thioether (sulfide) groups is 1. The van der Waals surface area contributed by atoms with Crippen molar-refractivity contribution in [3.63, 3.8) is 0 Å². The molecule has 1 amide bonds. The van der Waals surface area contributed by atoms with Gasteiger partial charge < -0.3 is 5.32 Å². The third-order valence-electron chi connectivity index (χ3n) is 5.10. The van der Waals surface area contributed by atoms with Gasteiger partial charge in [0.25, 0.3) is 0 Å². The Morgan fingerprint density at radius 2 is 1.67 bits per heavy atom. The fourth-order valence-electron chi connectivity index (χ4n) is 3.20. The fraction of sp³-hybridized carbons (Fsp3) is 0.160. The van der Waals surface area contributed by atoms with E-state index >= 15 is 0 Å². The van der Waals surface area contributed by atoms with Crippen LogP contribution in [0.1, 0.15) is 16.7 Å². The minimum absolute atomic E-state index is 0.0479. The molecule has 0 saturated heterocycles. The molecule has 4 nitrogen and oxygen atoms in total. The Bertz CT molecular complexity index is 1220. The van der Waals surface area contributed by atoms with Crippen LogP contribution in [-0.2, 0) is 4.79 Å². The van der Waals surface area contributed by atoms with E-state index < -0.39 is 0 Å². The van der Waals surface area contributed by atoms with Gasteiger partial charge in [-0.1, -0.05) is 71.9 Å². The summed E-state index contributed by atoms with van der Waals surface area (Å²) in [6, 6.07) is 22.0. The number of carbonyl (C=O) groups is 1. The van der Waals surface area contributed by atoms with Gasteiger partial charge in [0.2, 0.25) is 5.91 Å². The van der Waals surface area contributed by atoms with Crippen LogP contribution in [0.4, 0.5) is 5.69 Å². The lowest BCUT2D eigenvalue weighted by Gasteiger charge is -2.11. The highest BCUT2D eigenvalue weighted by molar-refractivity contribution is 8.00. The lowest BCUT2D eigenvalue weighted by atomic mass is 10.1. The number of fused-ring (bicyclic) bond motifs is 1. The molecule has 0 aliphatic heterocycles. The van der Waals surface area contributed by atoms with Gasteiger partial charge in [0.15, 0.2) is 5.82 Å². The zero-order chi connectivity index (χ0) is 21.1. The molecule has 0 spiro atoms. The number of anilines is 1. The molecule has 0 unspecified atom stereocenters. The molecule has 3 aromatic carbocycles. The minimum atomic E-state index is -0.0479. The maximum Gasteiger partial charge on any atom is 0.234 e. The molecule has 0 aliphatic carbocycles.